The van der Waals surface area contributed by atoms with E-state index in [2.05, 4.69) is 11.8 Å². The SMILES string of the molecule is C=NN(CC#N)CC#N. The summed E-state index contributed by atoms with van der Waals surface area (Å²) >= 11 is 0. The highest BCUT2D eigenvalue weighted by atomic mass is 15.4. The third kappa shape index (κ3) is 3.07. The van der Waals surface area contributed by atoms with Crippen molar-refractivity contribution in [2.45, 2.75) is 0 Å². The van der Waals surface area contributed by atoms with Crippen molar-refractivity contribution in [3.05, 3.63) is 0 Å². The summed E-state index contributed by atoms with van der Waals surface area (Å²) in [5.41, 5.74) is 0. The summed E-state index contributed by atoms with van der Waals surface area (Å²) in [5, 5.41) is 20.9. The predicted molar refractivity (Wildman–Crippen MR) is 32.3 cm³/mol. The molecule has 4 nitrogen and oxygen atoms in total. The Kier molecular flexibility index (Phi) is 3.81. The van der Waals surface area contributed by atoms with E-state index in [1.54, 1.807) is 0 Å². The number of nitriles is 2. The fourth-order valence-electron chi connectivity index (χ4n) is 0.319. The van der Waals surface area contributed by atoms with Crippen LogP contribution in [0.15, 0.2) is 5.10 Å². The second-order valence-electron chi connectivity index (χ2n) is 1.28. The van der Waals surface area contributed by atoms with Gasteiger partial charge in [-0.3, -0.25) is 5.01 Å². The zero-order valence-electron chi connectivity index (χ0n) is 4.91. The van der Waals surface area contributed by atoms with E-state index < -0.39 is 0 Å². The quantitative estimate of drug-likeness (QED) is 0.299. The van der Waals surface area contributed by atoms with Gasteiger partial charge in [0.05, 0.1) is 12.1 Å². The highest BCUT2D eigenvalue weighted by molar-refractivity contribution is 5.22. The van der Waals surface area contributed by atoms with Crippen molar-refractivity contribution < 1.29 is 0 Å². The summed E-state index contributed by atoms with van der Waals surface area (Å²) in [6, 6.07) is 3.69. The Hall–Kier alpha value is -1.55. The molecule has 0 unspecified atom stereocenters. The third-order valence-electron chi connectivity index (χ3n) is 0.706. The number of hydrazone groups is 1. The Balaban J connectivity index is 3.60. The van der Waals surface area contributed by atoms with Gasteiger partial charge in [0.15, 0.2) is 0 Å². The van der Waals surface area contributed by atoms with E-state index in [-0.39, 0.29) is 13.1 Å². The van der Waals surface area contributed by atoms with Crippen molar-refractivity contribution in [2.24, 2.45) is 5.10 Å². The van der Waals surface area contributed by atoms with Gasteiger partial charge < -0.3 is 0 Å². The van der Waals surface area contributed by atoms with Crippen molar-refractivity contribution in [3.63, 3.8) is 0 Å². The van der Waals surface area contributed by atoms with Crippen molar-refractivity contribution in [2.75, 3.05) is 13.1 Å². The molecule has 0 saturated heterocycles. The summed E-state index contributed by atoms with van der Waals surface area (Å²) in [5.74, 6) is 0. The van der Waals surface area contributed by atoms with Gasteiger partial charge in [0.25, 0.3) is 0 Å². The van der Waals surface area contributed by atoms with Crippen LogP contribution in [0, 0.1) is 22.7 Å². The molecule has 0 fully saturated rings. The molecule has 0 spiro atoms. The van der Waals surface area contributed by atoms with E-state index in [4.69, 9.17) is 10.5 Å². The zero-order chi connectivity index (χ0) is 7.11. The molecule has 0 N–H and O–H groups in total. The summed E-state index contributed by atoms with van der Waals surface area (Å²) < 4.78 is 0. The average molecular weight is 122 g/mol. The lowest BCUT2D eigenvalue weighted by molar-refractivity contribution is 0.367. The molecule has 0 amide bonds. The van der Waals surface area contributed by atoms with Gasteiger partial charge in [-0.05, 0) is 0 Å². The molecule has 0 bridgehead atoms. The lowest BCUT2D eigenvalue weighted by Crippen LogP contribution is -2.16. The first kappa shape index (κ1) is 7.45. The van der Waals surface area contributed by atoms with E-state index in [1.807, 2.05) is 12.1 Å². The lowest BCUT2D eigenvalue weighted by Gasteiger charge is -2.07. The van der Waals surface area contributed by atoms with Gasteiger partial charge in [-0.2, -0.15) is 15.6 Å². The van der Waals surface area contributed by atoms with E-state index >= 15 is 0 Å². The molecule has 0 radical (unpaired) electrons. The van der Waals surface area contributed by atoms with Crippen molar-refractivity contribution in [3.8, 4) is 12.1 Å². The normalized spacial score (nSPS) is 6.89. The number of rotatable bonds is 3. The number of hydrogen-bond acceptors (Lipinski definition) is 4. The highest BCUT2D eigenvalue weighted by Gasteiger charge is 1.93. The molecule has 0 aliphatic carbocycles. The Labute approximate surface area is 53.6 Å². The minimum atomic E-state index is 0.122. The van der Waals surface area contributed by atoms with Crippen LogP contribution < -0.4 is 0 Å². The Morgan fingerprint density at radius 1 is 1.33 bits per heavy atom. The molecule has 0 heterocycles. The maximum atomic E-state index is 8.11. The van der Waals surface area contributed by atoms with E-state index in [0.29, 0.717) is 0 Å². The van der Waals surface area contributed by atoms with Crippen LogP contribution in [0.5, 0.6) is 0 Å². The zero-order valence-corrected chi connectivity index (χ0v) is 4.91. The van der Waals surface area contributed by atoms with E-state index in [9.17, 15) is 0 Å². The van der Waals surface area contributed by atoms with E-state index in [0.717, 1.165) is 0 Å². The Morgan fingerprint density at radius 2 is 1.78 bits per heavy atom. The van der Waals surface area contributed by atoms with Crippen molar-refractivity contribution >= 4 is 6.72 Å². The van der Waals surface area contributed by atoms with Crippen LogP contribution in [0.1, 0.15) is 0 Å². The van der Waals surface area contributed by atoms with Gasteiger partial charge in [0.1, 0.15) is 13.1 Å². The standard InChI is InChI=1S/C5H6N4/c1-8-9(4-2-6)5-3-7/h1,4-5H2. The minimum absolute atomic E-state index is 0.122. The van der Waals surface area contributed by atoms with Crippen molar-refractivity contribution in [1.29, 1.82) is 10.5 Å². The lowest BCUT2D eigenvalue weighted by atomic mass is 10.6. The van der Waals surface area contributed by atoms with Crippen LogP contribution in [-0.4, -0.2) is 24.8 Å². The molecule has 4 heteroatoms. The number of nitrogens with zero attached hydrogens (tertiary/aromatic N) is 4. The monoisotopic (exact) mass is 122 g/mol. The summed E-state index contributed by atoms with van der Waals surface area (Å²) in [7, 11) is 0. The first-order valence-corrected chi connectivity index (χ1v) is 2.30. The molecule has 0 saturated carbocycles. The van der Waals surface area contributed by atoms with Crippen LogP contribution >= 0.6 is 0 Å². The van der Waals surface area contributed by atoms with Gasteiger partial charge >= 0.3 is 0 Å². The summed E-state index contributed by atoms with van der Waals surface area (Å²) in [4.78, 5) is 0. The predicted octanol–water partition coefficient (Wildman–Crippen LogP) is -0.0488. The van der Waals surface area contributed by atoms with Gasteiger partial charge in [-0.1, -0.05) is 0 Å². The van der Waals surface area contributed by atoms with Gasteiger partial charge in [0.2, 0.25) is 0 Å². The molecular weight excluding hydrogens is 116 g/mol. The second kappa shape index (κ2) is 4.61. The first-order valence-electron chi connectivity index (χ1n) is 2.30. The van der Waals surface area contributed by atoms with Crippen LogP contribution in [0.25, 0.3) is 0 Å². The largest absolute Gasteiger partial charge is 0.269 e. The molecule has 0 aliphatic rings. The topological polar surface area (TPSA) is 63.2 Å². The van der Waals surface area contributed by atoms with E-state index in [1.165, 1.54) is 5.01 Å². The Bertz CT molecular complexity index is 145. The molecular formula is C5H6N4. The molecule has 0 aromatic rings. The van der Waals surface area contributed by atoms with Crippen molar-refractivity contribution in [1.82, 2.24) is 5.01 Å². The van der Waals surface area contributed by atoms with Gasteiger partial charge in [-0.25, -0.2) is 0 Å². The molecule has 0 aliphatic heterocycles. The van der Waals surface area contributed by atoms with Gasteiger partial charge in [0, 0.05) is 6.72 Å². The van der Waals surface area contributed by atoms with Crippen LogP contribution in [0.2, 0.25) is 0 Å². The molecule has 0 rings (SSSR count). The highest BCUT2D eigenvalue weighted by Crippen LogP contribution is 1.82. The maximum absolute atomic E-state index is 8.11. The molecule has 0 aromatic carbocycles. The van der Waals surface area contributed by atoms with Crippen LogP contribution in [0.3, 0.4) is 0 Å². The second-order valence-corrected chi connectivity index (χ2v) is 1.28. The molecule has 0 aromatic heterocycles. The third-order valence-corrected chi connectivity index (χ3v) is 0.706. The fraction of sp³-hybridized carbons (Fsp3) is 0.400. The van der Waals surface area contributed by atoms with Gasteiger partial charge in [-0.15, -0.1) is 0 Å². The number of hydrogen-bond donors (Lipinski definition) is 0. The smallest absolute Gasteiger partial charge is 0.124 e. The average Bonchev–Trinajstić information content (AvgIpc) is 1.88. The van der Waals surface area contributed by atoms with Crippen LogP contribution in [0.4, 0.5) is 0 Å². The first-order chi connectivity index (χ1) is 4.35. The maximum Gasteiger partial charge on any atom is 0.124 e. The summed E-state index contributed by atoms with van der Waals surface area (Å²) in [6.07, 6.45) is 0. The van der Waals surface area contributed by atoms with Crippen LogP contribution in [-0.2, 0) is 0 Å². The fourth-order valence-corrected chi connectivity index (χ4v) is 0.319. The summed E-state index contributed by atoms with van der Waals surface area (Å²) in [6.45, 7) is 3.42. The molecule has 9 heavy (non-hydrogen) atoms. The molecule has 46 valence electrons. The minimum Gasteiger partial charge on any atom is -0.269 e. The Morgan fingerprint density at radius 3 is 2.00 bits per heavy atom. The molecule has 0 atom stereocenters.